The number of fused-ring (bicyclic) bond motifs is 1. The van der Waals surface area contributed by atoms with E-state index in [9.17, 15) is 0 Å². The quantitative estimate of drug-likeness (QED) is 0.696. The average molecular weight is 314 g/mol. The number of imidazole rings is 1. The van der Waals surface area contributed by atoms with Crippen LogP contribution in [0, 0.1) is 0 Å². The molecule has 0 fully saturated rings. The molecule has 0 radical (unpaired) electrons. The molecule has 0 saturated carbocycles. The predicted molar refractivity (Wildman–Crippen MR) is 92.0 cm³/mol. The number of hydrogen-bond acceptors (Lipinski definition) is 3. The molecule has 6 heteroatoms. The fourth-order valence-electron chi connectivity index (χ4n) is 2.62. The van der Waals surface area contributed by atoms with Crippen molar-refractivity contribution in [3.63, 3.8) is 0 Å². The number of para-hydroxylation sites is 1. The molecule has 0 N–H and O–H groups in total. The molecule has 116 valence electrons. The zero-order valence-electron chi connectivity index (χ0n) is 13.8. The minimum absolute atomic E-state index is 0.608. The first-order valence-electron chi connectivity index (χ1n) is 7.56. The largest absolute Gasteiger partial charge is 0.477 e. The van der Waals surface area contributed by atoms with E-state index in [2.05, 4.69) is 42.8 Å². The molecule has 1 aromatic carbocycles. The van der Waals surface area contributed by atoms with Crippen molar-refractivity contribution in [2.45, 2.75) is 26.6 Å². The van der Waals surface area contributed by atoms with E-state index in [4.69, 9.17) is 9.84 Å². The number of hydrogen-bond donors (Lipinski definition) is 0. The van der Waals surface area contributed by atoms with Gasteiger partial charge in [0.15, 0.2) is 0 Å². The minimum Gasteiger partial charge on any atom is -0.477 e. The second-order valence-corrected chi connectivity index (χ2v) is 11.4. The molecule has 5 nitrogen and oxygen atoms in total. The van der Waals surface area contributed by atoms with Crippen molar-refractivity contribution in [2.75, 3.05) is 6.61 Å². The van der Waals surface area contributed by atoms with Crippen LogP contribution in [0.2, 0.25) is 19.6 Å². The van der Waals surface area contributed by atoms with Gasteiger partial charge in [0, 0.05) is 12.4 Å². The zero-order chi connectivity index (χ0) is 15.9. The van der Waals surface area contributed by atoms with Crippen LogP contribution < -0.4 is 10.1 Å². The molecule has 0 aliphatic heterocycles. The molecule has 0 aliphatic carbocycles. The van der Waals surface area contributed by atoms with Crippen LogP contribution in [0.3, 0.4) is 0 Å². The van der Waals surface area contributed by atoms with Crippen LogP contribution in [0.5, 0.6) is 5.88 Å². The topological polar surface area (TPSA) is 44.9 Å². The number of benzene rings is 1. The lowest BCUT2D eigenvalue weighted by Gasteiger charge is -2.12. The average Bonchev–Trinajstić information content (AvgIpc) is 2.99. The van der Waals surface area contributed by atoms with Gasteiger partial charge < -0.3 is 9.30 Å². The molecule has 2 heterocycles. The van der Waals surface area contributed by atoms with Crippen molar-refractivity contribution >= 4 is 24.3 Å². The number of aryl methyl sites for hydroxylation is 1. The summed E-state index contributed by atoms with van der Waals surface area (Å²) in [6.45, 7) is 9.51. The first-order valence-corrected chi connectivity index (χ1v) is 11.1. The summed E-state index contributed by atoms with van der Waals surface area (Å²) in [5, 5.41) is 7.34. The van der Waals surface area contributed by atoms with Gasteiger partial charge in [-0.05, 0) is 13.0 Å². The Morgan fingerprint density at radius 2 is 1.91 bits per heavy atom. The van der Waals surface area contributed by atoms with Crippen LogP contribution in [0.4, 0.5) is 0 Å². The Bertz CT molecular complexity index is 813. The predicted octanol–water partition coefficient (Wildman–Crippen LogP) is 2.70. The number of nitrogens with zero attached hydrogens (tertiary/aromatic N) is 4. The zero-order valence-corrected chi connectivity index (χ0v) is 14.8. The van der Waals surface area contributed by atoms with Crippen LogP contribution in [0.1, 0.15) is 6.92 Å². The molecule has 3 aromatic rings. The highest BCUT2D eigenvalue weighted by Gasteiger charge is 2.25. The summed E-state index contributed by atoms with van der Waals surface area (Å²) in [4.78, 5) is 4.57. The molecule has 0 amide bonds. The molecule has 2 aromatic heterocycles. The van der Waals surface area contributed by atoms with E-state index < -0.39 is 8.07 Å². The molecule has 0 saturated heterocycles. The third kappa shape index (κ3) is 2.43. The second-order valence-electron chi connectivity index (χ2n) is 6.45. The first kappa shape index (κ1) is 14.8. The number of rotatable bonds is 4. The molecule has 0 aliphatic rings. The Hall–Kier alpha value is -2.08. The summed E-state index contributed by atoms with van der Waals surface area (Å²) in [5.74, 6) is 1.42. The van der Waals surface area contributed by atoms with Gasteiger partial charge in [-0.2, -0.15) is 14.8 Å². The monoisotopic (exact) mass is 314 g/mol. The van der Waals surface area contributed by atoms with Crippen molar-refractivity contribution in [1.29, 1.82) is 0 Å². The van der Waals surface area contributed by atoms with Gasteiger partial charge >= 0.3 is 0 Å². The summed E-state index contributed by atoms with van der Waals surface area (Å²) < 4.78 is 9.40. The third-order valence-corrected chi connectivity index (χ3v) is 5.40. The standard InChI is InChI=1S/C16H22N4OSi/c1-6-21-14-11-19(2)16(17-14)20-13-10-8-7-9-12(13)15(18-20)22(3,4)5/h7-11H,6H2,1-5H3. The summed E-state index contributed by atoms with van der Waals surface area (Å²) >= 11 is 0. The lowest BCUT2D eigenvalue weighted by Crippen LogP contribution is -2.39. The maximum Gasteiger partial charge on any atom is 0.234 e. The second kappa shape index (κ2) is 5.28. The van der Waals surface area contributed by atoms with Gasteiger partial charge in [-0.25, -0.2) is 0 Å². The Morgan fingerprint density at radius 3 is 2.59 bits per heavy atom. The van der Waals surface area contributed by atoms with Crippen LogP contribution in [-0.4, -0.2) is 34.0 Å². The molecular weight excluding hydrogens is 292 g/mol. The van der Waals surface area contributed by atoms with Gasteiger partial charge in [0.05, 0.1) is 23.6 Å². The van der Waals surface area contributed by atoms with E-state index in [1.807, 2.05) is 35.5 Å². The molecule has 0 atom stereocenters. The fourth-order valence-corrected chi connectivity index (χ4v) is 4.04. The Labute approximate surface area is 131 Å². The summed E-state index contributed by atoms with van der Waals surface area (Å²) in [6.07, 6.45) is 1.89. The lowest BCUT2D eigenvalue weighted by atomic mass is 10.2. The maximum absolute atomic E-state index is 5.51. The van der Waals surface area contributed by atoms with Crippen LogP contribution in [-0.2, 0) is 7.05 Å². The smallest absolute Gasteiger partial charge is 0.234 e. The Balaban J connectivity index is 2.23. The third-order valence-electron chi connectivity index (χ3n) is 3.61. The van der Waals surface area contributed by atoms with Gasteiger partial charge in [0.1, 0.15) is 8.07 Å². The van der Waals surface area contributed by atoms with Gasteiger partial charge in [-0.15, -0.1) is 0 Å². The fraction of sp³-hybridized carbons (Fsp3) is 0.375. The van der Waals surface area contributed by atoms with E-state index in [-0.39, 0.29) is 0 Å². The summed E-state index contributed by atoms with van der Waals surface area (Å²) in [6, 6.07) is 8.36. The highest BCUT2D eigenvalue weighted by molar-refractivity contribution is 6.89. The van der Waals surface area contributed by atoms with Gasteiger partial charge in [0.25, 0.3) is 0 Å². The van der Waals surface area contributed by atoms with E-state index in [1.54, 1.807) is 0 Å². The minimum atomic E-state index is -1.54. The van der Waals surface area contributed by atoms with Crippen LogP contribution in [0.25, 0.3) is 16.9 Å². The van der Waals surface area contributed by atoms with E-state index >= 15 is 0 Å². The number of aromatic nitrogens is 4. The van der Waals surface area contributed by atoms with Gasteiger partial charge in [-0.1, -0.05) is 37.8 Å². The Kier molecular flexibility index (Phi) is 3.56. The highest BCUT2D eigenvalue weighted by Crippen LogP contribution is 2.20. The van der Waals surface area contributed by atoms with Crippen molar-refractivity contribution in [1.82, 2.24) is 19.3 Å². The van der Waals surface area contributed by atoms with Crippen molar-refractivity contribution in [2.24, 2.45) is 7.05 Å². The lowest BCUT2D eigenvalue weighted by molar-refractivity contribution is 0.328. The normalized spacial score (nSPS) is 12.0. The maximum atomic E-state index is 5.51. The summed E-state index contributed by atoms with van der Waals surface area (Å²) in [7, 11) is 0.432. The molecule has 0 spiro atoms. The first-order chi connectivity index (χ1) is 10.4. The molecular formula is C16H22N4OSi. The van der Waals surface area contributed by atoms with Crippen molar-refractivity contribution < 1.29 is 4.74 Å². The van der Waals surface area contributed by atoms with E-state index in [0.717, 1.165) is 11.5 Å². The van der Waals surface area contributed by atoms with E-state index in [1.165, 1.54) is 10.7 Å². The molecule has 0 bridgehead atoms. The Morgan fingerprint density at radius 1 is 1.18 bits per heavy atom. The van der Waals surface area contributed by atoms with E-state index in [0.29, 0.717) is 12.5 Å². The SMILES string of the molecule is CCOc1cn(C)c(-n2nc([Si](C)(C)C)c3ccccc32)n1. The number of ether oxygens (including phenoxy) is 1. The van der Waals surface area contributed by atoms with Crippen LogP contribution >= 0.6 is 0 Å². The highest BCUT2D eigenvalue weighted by atomic mass is 28.3. The van der Waals surface area contributed by atoms with Crippen LogP contribution in [0.15, 0.2) is 30.5 Å². The molecule has 22 heavy (non-hydrogen) atoms. The van der Waals surface area contributed by atoms with Crippen molar-refractivity contribution in [3.8, 4) is 11.8 Å². The van der Waals surface area contributed by atoms with Crippen molar-refractivity contribution in [3.05, 3.63) is 30.5 Å². The molecule has 0 unspecified atom stereocenters. The van der Waals surface area contributed by atoms with Gasteiger partial charge in [0.2, 0.25) is 11.8 Å². The van der Waals surface area contributed by atoms with Gasteiger partial charge in [-0.3, -0.25) is 0 Å². The molecule has 3 rings (SSSR count). The summed E-state index contributed by atoms with van der Waals surface area (Å²) in [5.41, 5.74) is 1.09.